The van der Waals surface area contributed by atoms with Gasteiger partial charge in [-0.1, -0.05) is 68.4 Å². The number of amides is 2. The minimum absolute atomic E-state index is 0.147. The summed E-state index contributed by atoms with van der Waals surface area (Å²) >= 11 is 0. The van der Waals surface area contributed by atoms with Crippen molar-refractivity contribution in [1.82, 2.24) is 10.6 Å². The van der Waals surface area contributed by atoms with Crippen LogP contribution in [0.4, 0.5) is 0 Å². The van der Waals surface area contributed by atoms with E-state index in [0.29, 0.717) is 29.2 Å². The lowest BCUT2D eigenvalue weighted by atomic mass is 9.98. The van der Waals surface area contributed by atoms with E-state index in [1.807, 2.05) is 60.7 Å². The molecule has 5 heteroatoms. The van der Waals surface area contributed by atoms with E-state index in [9.17, 15) is 9.59 Å². The fourth-order valence-corrected chi connectivity index (χ4v) is 4.08. The van der Waals surface area contributed by atoms with Gasteiger partial charge in [0.25, 0.3) is 11.8 Å². The Balaban J connectivity index is 1.49. The zero-order chi connectivity index (χ0) is 23.2. The van der Waals surface area contributed by atoms with E-state index >= 15 is 0 Å². The van der Waals surface area contributed by atoms with Crippen molar-refractivity contribution in [2.75, 3.05) is 6.54 Å². The third-order valence-electron chi connectivity index (χ3n) is 5.60. The quantitative estimate of drug-likeness (QED) is 0.371. The third kappa shape index (κ3) is 5.32. The Kier molecular flexibility index (Phi) is 6.89. The summed E-state index contributed by atoms with van der Waals surface area (Å²) in [6, 6.07) is 24.5. The maximum atomic E-state index is 13.2. The average molecular weight is 441 g/mol. The molecule has 0 radical (unpaired) electrons. The molecule has 1 heterocycles. The van der Waals surface area contributed by atoms with E-state index in [0.717, 1.165) is 22.9 Å². The molecule has 0 bridgehead atoms. The van der Waals surface area contributed by atoms with Crippen molar-refractivity contribution in [2.45, 2.75) is 26.3 Å². The Hall–Kier alpha value is -3.86. The van der Waals surface area contributed by atoms with Crippen LogP contribution < -0.4 is 10.6 Å². The molecule has 168 valence electrons. The lowest BCUT2D eigenvalue weighted by Crippen LogP contribution is -2.44. The highest BCUT2D eigenvalue weighted by atomic mass is 16.3. The molecule has 1 atom stereocenters. The van der Waals surface area contributed by atoms with Gasteiger partial charge in [0, 0.05) is 23.5 Å². The molecule has 33 heavy (non-hydrogen) atoms. The van der Waals surface area contributed by atoms with Crippen LogP contribution in [0.5, 0.6) is 0 Å². The maximum Gasteiger partial charge on any atom is 0.252 e. The fraction of sp³-hybridized carbons (Fsp3) is 0.214. The highest BCUT2D eigenvalue weighted by Gasteiger charge is 2.20. The number of fused-ring (bicyclic) bond motifs is 1. The van der Waals surface area contributed by atoms with Crippen molar-refractivity contribution in [3.63, 3.8) is 0 Å². The zero-order valence-corrected chi connectivity index (χ0v) is 18.9. The van der Waals surface area contributed by atoms with Crippen molar-refractivity contribution in [1.29, 1.82) is 0 Å². The summed E-state index contributed by atoms with van der Waals surface area (Å²) in [4.78, 5) is 26.1. The molecule has 4 rings (SSSR count). The van der Waals surface area contributed by atoms with Crippen LogP contribution in [0.1, 0.15) is 41.0 Å². The second kappa shape index (κ2) is 10.2. The summed E-state index contributed by atoms with van der Waals surface area (Å²) in [5, 5.41) is 6.91. The monoisotopic (exact) mass is 440 g/mol. The largest absolute Gasteiger partial charge is 0.464 e. The van der Waals surface area contributed by atoms with Crippen molar-refractivity contribution in [3.05, 3.63) is 96.3 Å². The lowest BCUT2D eigenvalue weighted by Gasteiger charge is -2.22. The van der Waals surface area contributed by atoms with Crippen molar-refractivity contribution < 1.29 is 14.0 Å². The Morgan fingerprint density at radius 1 is 0.818 bits per heavy atom. The predicted molar refractivity (Wildman–Crippen MR) is 131 cm³/mol. The standard InChI is InChI=1S/C28H28N2O3/c1-19(2)17-21(18-29-27(31)25-13-8-14-26-23(25)15-16-33-26)30-28(32)24-12-7-6-11-22(24)20-9-4-3-5-10-20/h3-16,19,21H,17-18H2,1-2H3,(H,29,31)(H,30,32)/t21-/m0/s1. The smallest absolute Gasteiger partial charge is 0.252 e. The van der Waals surface area contributed by atoms with E-state index in [1.54, 1.807) is 24.5 Å². The van der Waals surface area contributed by atoms with Gasteiger partial charge in [0.2, 0.25) is 0 Å². The molecule has 2 amide bonds. The van der Waals surface area contributed by atoms with Crippen LogP contribution in [0.3, 0.4) is 0 Å². The number of rotatable bonds is 8. The van der Waals surface area contributed by atoms with Crippen molar-refractivity contribution >= 4 is 22.8 Å². The highest BCUT2D eigenvalue weighted by Crippen LogP contribution is 2.24. The molecule has 0 spiro atoms. The molecular weight excluding hydrogens is 412 g/mol. The summed E-state index contributed by atoms with van der Waals surface area (Å²) < 4.78 is 5.40. The summed E-state index contributed by atoms with van der Waals surface area (Å²) in [5.74, 6) is 0.0230. The van der Waals surface area contributed by atoms with Gasteiger partial charge < -0.3 is 15.1 Å². The minimum Gasteiger partial charge on any atom is -0.464 e. The van der Waals surface area contributed by atoms with Gasteiger partial charge in [-0.25, -0.2) is 0 Å². The molecule has 5 nitrogen and oxygen atoms in total. The van der Waals surface area contributed by atoms with Gasteiger partial charge in [-0.3, -0.25) is 9.59 Å². The summed E-state index contributed by atoms with van der Waals surface area (Å²) in [6.07, 6.45) is 2.32. The van der Waals surface area contributed by atoms with Crippen LogP contribution in [0.25, 0.3) is 22.1 Å². The molecule has 0 unspecified atom stereocenters. The third-order valence-corrected chi connectivity index (χ3v) is 5.60. The van der Waals surface area contributed by atoms with E-state index in [2.05, 4.69) is 24.5 Å². The molecule has 0 saturated carbocycles. The van der Waals surface area contributed by atoms with Crippen LogP contribution in [-0.4, -0.2) is 24.4 Å². The van der Waals surface area contributed by atoms with E-state index < -0.39 is 0 Å². The Morgan fingerprint density at radius 2 is 1.55 bits per heavy atom. The second-order valence-corrected chi connectivity index (χ2v) is 8.56. The van der Waals surface area contributed by atoms with Crippen LogP contribution in [0.2, 0.25) is 0 Å². The lowest BCUT2D eigenvalue weighted by molar-refractivity contribution is 0.0904. The molecule has 3 aromatic carbocycles. The number of nitrogens with one attached hydrogen (secondary N) is 2. The topological polar surface area (TPSA) is 71.3 Å². The first-order valence-electron chi connectivity index (χ1n) is 11.2. The number of carbonyl (C=O) groups excluding carboxylic acids is 2. The molecular formula is C28H28N2O3. The van der Waals surface area contributed by atoms with Crippen LogP contribution in [-0.2, 0) is 0 Å². The van der Waals surface area contributed by atoms with E-state index in [1.165, 1.54) is 0 Å². The fourth-order valence-electron chi connectivity index (χ4n) is 4.08. The first kappa shape index (κ1) is 22.3. The molecule has 0 fully saturated rings. The van der Waals surface area contributed by atoms with Crippen LogP contribution >= 0.6 is 0 Å². The first-order valence-corrected chi connectivity index (χ1v) is 11.2. The van der Waals surface area contributed by atoms with Gasteiger partial charge in [0.15, 0.2) is 0 Å². The second-order valence-electron chi connectivity index (χ2n) is 8.56. The number of benzene rings is 3. The summed E-state index contributed by atoms with van der Waals surface area (Å²) in [7, 11) is 0. The molecule has 0 aliphatic heterocycles. The van der Waals surface area contributed by atoms with Gasteiger partial charge >= 0.3 is 0 Å². The Bertz CT molecular complexity index is 1240. The van der Waals surface area contributed by atoms with Crippen LogP contribution in [0.15, 0.2) is 89.5 Å². The normalized spacial score (nSPS) is 12.0. The summed E-state index contributed by atoms with van der Waals surface area (Å²) in [5.41, 5.74) is 3.73. The van der Waals surface area contributed by atoms with Crippen LogP contribution in [0, 0.1) is 5.92 Å². The van der Waals surface area contributed by atoms with Gasteiger partial charge in [0.05, 0.1) is 11.8 Å². The number of carbonyl (C=O) groups is 2. The number of furan rings is 1. The first-order chi connectivity index (χ1) is 16.0. The maximum absolute atomic E-state index is 13.2. The van der Waals surface area contributed by atoms with Crippen molar-refractivity contribution in [3.8, 4) is 11.1 Å². The summed E-state index contributed by atoms with van der Waals surface area (Å²) in [6.45, 7) is 4.54. The zero-order valence-electron chi connectivity index (χ0n) is 18.9. The van der Waals surface area contributed by atoms with Gasteiger partial charge in [0.1, 0.15) is 5.58 Å². The van der Waals surface area contributed by atoms with Gasteiger partial charge in [-0.2, -0.15) is 0 Å². The van der Waals surface area contributed by atoms with E-state index in [-0.39, 0.29) is 17.9 Å². The molecule has 0 saturated heterocycles. The number of hydrogen-bond donors (Lipinski definition) is 2. The predicted octanol–water partition coefficient (Wildman–Crippen LogP) is 5.67. The molecule has 0 aliphatic rings. The highest BCUT2D eigenvalue weighted by molar-refractivity contribution is 6.06. The number of hydrogen-bond acceptors (Lipinski definition) is 3. The van der Waals surface area contributed by atoms with Gasteiger partial charge in [-0.15, -0.1) is 0 Å². The van der Waals surface area contributed by atoms with E-state index in [4.69, 9.17) is 4.42 Å². The van der Waals surface area contributed by atoms with Crippen molar-refractivity contribution in [2.24, 2.45) is 5.92 Å². The van der Waals surface area contributed by atoms with Gasteiger partial charge in [-0.05, 0) is 47.7 Å². The Labute approximate surface area is 193 Å². The molecule has 0 aliphatic carbocycles. The Morgan fingerprint density at radius 3 is 2.33 bits per heavy atom. The molecule has 4 aromatic rings. The molecule has 1 aromatic heterocycles. The minimum atomic E-state index is -0.200. The SMILES string of the molecule is CC(C)C[C@@H](CNC(=O)c1cccc2occc12)NC(=O)c1ccccc1-c1ccccc1. The molecule has 2 N–H and O–H groups in total. The average Bonchev–Trinajstić information content (AvgIpc) is 3.31.